The lowest BCUT2D eigenvalue weighted by atomic mass is 10.1. The quantitative estimate of drug-likeness (QED) is 0.542. The van der Waals surface area contributed by atoms with Crippen molar-refractivity contribution in [3.63, 3.8) is 0 Å². The van der Waals surface area contributed by atoms with Crippen LogP contribution in [-0.2, 0) is 16.0 Å². The summed E-state index contributed by atoms with van der Waals surface area (Å²) in [5.41, 5.74) is 0. The number of hydrogen-bond donors (Lipinski definition) is 4. The Kier molecular flexibility index (Phi) is 6.79. The smallest absolute Gasteiger partial charge is 0.322 e. The number of aryl methyl sites for hydroxylation is 1. The monoisotopic (exact) mass is 297 g/mol. The number of nitrogens with one attached hydrogen (secondary N) is 3. The molecule has 1 atom stereocenters. The summed E-state index contributed by atoms with van der Waals surface area (Å²) in [7, 11) is 0. The standard InChI is InChI=1S/C13H19N3O5/c1-9(4-5-10-3-2-6-21-10)16-13(20)15-7-11(17)14-8-12(18)19/h2-3,6,9H,4-5,7-8H2,1H3,(H,14,17)(H,18,19)(H2,15,16,20). The summed E-state index contributed by atoms with van der Waals surface area (Å²) in [6, 6.07) is 3.10. The van der Waals surface area contributed by atoms with Crippen molar-refractivity contribution in [3.05, 3.63) is 24.2 Å². The predicted molar refractivity (Wildman–Crippen MR) is 73.7 cm³/mol. The van der Waals surface area contributed by atoms with Gasteiger partial charge < -0.3 is 25.5 Å². The van der Waals surface area contributed by atoms with E-state index in [1.807, 2.05) is 13.0 Å². The molecule has 0 bridgehead atoms. The second kappa shape index (κ2) is 8.62. The number of carboxylic acids is 1. The molecule has 21 heavy (non-hydrogen) atoms. The molecule has 0 fully saturated rings. The highest BCUT2D eigenvalue weighted by Crippen LogP contribution is 2.05. The molecule has 0 aliphatic carbocycles. The average molecular weight is 297 g/mol. The third-order valence-electron chi connectivity index (χ3n) is 2.63. The minimum atomic E-state index is -1.14. The number of furan rings is 1. The highest BCUT2D eigenvalue weighted by molar-refractivity contribution is 5.86. The molecule has 3 amide bonds. The van der Waals surface area contributed by atoms with Gasteiger partial charge in [0.15, 0.2) is 0 Å². The van der Waals surface area contributed by atoms with Crippen LogP contribution >= 0.6 is 0 Å². The molecular formula is C13H19N3O5. The van der Waals surface area contributed by atoms with E-state index in [2.05, 4.69) is 16.0 Å². The van der Waals surface area contributed by atoms with Crippen LogP contribution in [0.5, 0.6) is 0 Å². The molecule has 0 saturated heterocycles. The van der Waals surface area contributed by atoms with Crippen molar-refractivity contribution < 1.29 is 23.9 Å². The molecular weight excluding hydrogens is 278 g/mol. The lowest BCUT2D eigenvalue weighted by molar-refractivity contribution is -0.137. The van der Waals surface area contributed by atoms with Gasteiger partial charge in [-0.05, 0) is 25.5 Å². The number of carbonyl (C=O) groups excluding carboxylic acids is 2. The second-order valence-electron chi connectivity index (χ2n) is 4.52. The summed E-state index contributed by atoms with van der Waals surface area (Å²) in [6.07, 6.45) is 3.00. The maximum atomic E-state index is 11.5. The van der Waals surface area contributed by atoms with Gasteiger partial charge in [0, 0.05) is 12.5 Å². The zero-order chi connectivity index (χ0) is 15.7. The maximum absolute atomic E-state index is 11.5. The van der Waals surface area contributed by atoms with Crippen molar-refractivity contribution in [1.29, 1.82) is 0 Å². The molecule has 1 rings (SSSR count). The largest absolute Gasteiger partial charge is 0.480 e. The average Bonchev–Trinajstić information content (AvgIpc) is 2.94. The highest BCUT2D eigenvalue weighted by Gasteiger charge is 2.10. The Bertz CT molecular complexity index is 472. The lowest BCUT2D eigenvalue weighted by Crippen LogP contribution is -2.45. The first-order valence-electron chi connectivity index (χ1n) is 6.52. The van der Waals surface area contributed by atoms with Crippen molar-refractivity contribution in [2.45, 2.75) is 25.8 Å². The molecule has 116 valence electrons. The molecule has 0 spiro atoms. The van der Waals surface area contributed by atoms with E-state index in [-0.39, 0.29) is 12.6 Å². The second-order valence-corrected chi connectivity index (χ2v) is 4.52. The van der Waals surface area contributed by atoms with E-state index in [1.165, 1.54) is 0 Å². The summed E-state index contributed by atoms with van der Waals surface area (Å²) in [4.78, 5) is 32.9. The van der Waals surface area contributed by atoms with Crippen molar-refractivity contribution in [1.82, 2.24) is 16.0 Å². The van der Waals surface area contributed by atoms with Gasteiger partial charge in [0.25, 0.3) is 0 Å². The Morgan fingerprint density at radius 2 is 2.05 bits per heavy atom. The summed E-state index contributed by atoms with van der Waals surface area (Å²) >= 11 is 0. The number of hydrogen-bond acceptors (Lipinski definition) is 4. The van der Waals surface area contributed by atoms with Crippen LogP contribution in [0.3, 0.4) is 0 Å². The van der Waals surface area contributed by atoms with Crippen LogP contribution < -0.4 is 16.0 Å². The topological polar surface area (TPSA) is 121 Å². The van der Waals surface area contributed by atoms with Crippen LogP contribution in [0.25, 0.3) is 0 Å². The van der Waals surface area contributed by atoms with E-state index in [1.54, 1.807) is 12.3 Å². The Morgan fingerprint density at radius 3 is 2.67 bits per heavy atom. The molecule has 1 aromatic heterocycles. The van der Waals surface area contributed by atoms with Crippen LogP contribution in [0.2, 0.25) is 0 Å². The molecule has 1 unspecified atom stereocenters. The van der Waals surface area contributed by atoms with Gasteiger partial charge in [-0.25, -0.2) is 4.79 Å². The van der Waals surface area contributed by atoms with Crippen LogP contribution in [0.4, 0.5) is 4.79 Å². The van der Waals surface area contributed by atoms with Crippen molar-refractivity contribution in [2.24, 2.45) is 0 Å². The lowest BCUT2D eigenvalue weighted by Gasteiger charge is -2.13. The van der Waals surface area contributed by atoms with E-state index in [9.17, 15) is 14.4 Å². The summed E-state index contributed by atoms with van der Waals surface area (Å²) in [5, 5.41) is 15.5. The first-order chi connectivity index (χ1) is 9.97. The number of carbonyl (C=O) groups is 3. The fourth-order valence-electron chi connectivity index (χ4n) is 1.56. The summed E-state index contributed by atoms with van der Waals surface area (Å²) in [5.74, 6) is -0.854. The molecule has 0 saturated carbocycles. The molecule has 1 aromatic rings. The van der Waals surface area contributed by atoms with E-state index in [4.69, 9.17) is 9.52 Å². The predicted octanol–water partition coefficient (Wildman–Crippen LogP) is 0.101. The third kappa shape index (κ3) is 7.61. The zero-order valence-corrected chi connectivity index (χ0v) is 11.7. The Morgan fingerprint density at radius 1 is 1.29 bits per heavy atom. The highest BCUT2D eigenvalue weighted by atomic mass is 16.4. The van der Waals surface area contributed by atoms with Gasteiger partial charge in [-0.15, -0.1) is 0 Å². The number of carboxylic acid groups (broad SMARTS) is 1. The van der Waals surface area contributed by atoms with Crippen LogP contribution in [-0.4, -0.2) is 42.1 Å². The first kappa shape index (κ1) is 16.5. The van der Waals surface area contributed by atoms with Gasteiger partial charge in [-0.2, -0.15) is 0 Å². The van der Waals surface area contributed by atoms with E-state index >= 15 is 0 Å². The molecule has 8 nitrogen and oxygen atoms in total. The van der Waals surface area contributed by atoms with Crippen LogP contribution in [0, 0.1) is 0 Å². The third-order valence-corrected chi connectivity index (χ3v) is 2.63. The summed E-state index contributed by atoms with van der Waals surface area (Å²) < 4.78 is 5.18. The van der Waals surface area contributed by atoms with Crippen LogP contribution in [0.1, 0.15) is 19.1 Å². The van der Waals surface area contributed by atoms with Crippen molar-refractivity contribution >= 4 is 17.9 Å². The molecule has 1 heterocycles. The number of amides is 3. The normalized spacial score (nSPS) is 11.5. The molecule has 8 heteroatoms. The Hall–Kier alpha value is -2.51. The zero-order valence-electron chi connectivity index (χ0n) is 11.7. The Balaban J connectivity index is 2.14. The number of rotatable bonds is 8. The molecule has 4 N–H and O–H groups in total. The molecule has 0 aromatic carbocycles. The molecule has 0 aliphatic rings. The summed E-state index contributed by atoms with van der Waals surface area (Å²) in [6.45, 7) is 1.10. The van der Waals surface area contributed by atoms with Crippen LogP contribution in [0.15, 0.2) is 22.8 Å². The first-order valence-corrected chi connectivity index (χ1v) is 6.52. The molecule has 0 radical (unpaired) electrons. The van der Waals surface area contributed by atoms with Gasteiger partial charge >= 0.3 is 12.0 Å². The van der Waals surface area contributed by atoms with Gasteiger partial charge in [-0.3, -0.25) is 9.59 Å². The Labute approximate surface area is 121 Å². The SMILES string of the molecule is CC(CCc1ccco1)NC(=O)NCC(=O)NCC(=O)O. The van der Waals surface area contributed by atoms with Gasteiger partial charge in [0.2, 0.25) is 5.91 Å². The minimum absolute atomic E-state index is 0.0859. The minimum Gasteiger partial charge on any atom is -0.480 e. The fourth-order valence-corrected chi connectivity index (χ4v) is 1.56. The van der Waals surface area contributed by atoms with Crippen molar-refractivity contribution in [3.8, 4) is 0 Å². The maximum Gasteiger partial charge on any atom is 0.322 e. The van der Waals surface area contributed by atoms with E-state index in [0.29, 0.717) is 12.8 Å². The van der Waals surface area contributed by atoms with Gasteiger partial charge in [0.1, 0.15) is 12.3 Å². The van der Waals surface area contributed by atoms with E-state index in [0.717, 1.165) is 5.76 Å². The number of urea groups is 1. The number of aliphatic carboxylic acids is 1. The van der Waals surface area contributed by atoms with Gasteiger partial charge in [0.05, 0.1) is 12.8 Å². The van der Waals surface area contributed by atoms with Gasteiger partial charge in [-0.1, -0.05) is 0 Å². The van der Waals surface area contributed by atoms with Crippen molar-refractivity contribution in [2.75, 3.05) is 13.1 Å². The fraction of sp³-hybridized carbons (Fsp3) is 0.462. The molecule has 0 aliphatic heterocycles. The van der Waals surface area contributed by atoms with E-state index < -0.39 is 24.5 Å².